The summed E-state index contributed by atoms with van der Waals surface area (Å²) in [5, 5.41) is 0. The smallest absolute Gasteiger partial charge is 0 e. The first-order valence-corrected chi connectivity index (χ1v) is 3.94. The summed E-state index contributed by atoms with van der Waals surface area (Å²) >= 11 is 0. The molecular weight excluding hydrogens is 203 g/mol. The summed E-state index contributed by atoms with van der Waals surface area (Å²) in [6, 6.07) is 18.0. The second-order valence-electron chi connectivity index (χ2n) is 2.38. The molecule has 0 saturated carbocycles. The molecule has 0 saturated heterocycles. The van der Waals surface area contributed by atoms with Gasteiger partial charge in [-0.1, -0.05) is 0 Å². The van der Waals surface area contributed by atoms with Gasteiger partial charge >= 0.3 is 0 Å². The fraction of sp³-hybridized carbons (Fsp3) is 0. The molecule has 13 heavy (non-hydrogen) atoms. The molecule has 0 heterocycles. The van der Waals surface area contributed by atoms with Crippen LogP contribution in [0.25, 0.3) is 6.08 Å². The predicted octanol–water partition coefficient (Wildman–Crippen LogP) is 3.45. The van der Waals surface area contributed by atoms with Crippen LogP contribution in [0.15, 0.2) is 61.2 Å². The molecule has 0 unspecified atom stereocenters. The van der Waals surface area contributed by atoms with Gasteiger partial charge in [0.1, 0.15) is 0 Å². The minimum absolute atomic E-state index is 0. The summed E-state index contributed by atoms with van der Waals surface area (Å²) in [7, 11) is 0. The topological polar surface area (TPSA) is 0 Å². The summed E-state index contributed by atoms with van der Waals surface area (Å²) in [5.41, 5.74) is 1.19. The van der Waals surface area contributed by atoms with Gasteiger partial charge in [0.25, 0.3) is 0 Å². The molecule has 2 aromatic carbocycles. The largest absolute Gasteiger partial charge is 0.748 e. The Morgan fingerprint density at radius 2 is 1.31 bits per heavy atom. The molecule has 0 aromatic heterocycles. The van der Waals surface area contributed by atoms with Crippen molar-refractivity contribution < 1.29 is 16.8 Å². The molecule has 0 aliphatic rings. The Morgan fingerprint density at radius 3 is 1.54 bits per heavy atom. The zero-order valence-corrected chi connectivity index (χ0v) is 8.35. The summed E-state index contributed by atoms with van der Waals surface area (Å²) in [4.78, 5) is 0. The van der Waals surface area contributed by atoms with E-state index in [-0.39, 0.29) is 16.8 Å². The van der Waals surface area contributed by atoms with E-state index in [9.17, 15) is 0 Å². The van der Waals surface area contributed by atoms with Gasteiger partial charge in [0.15, 0.2) is 0 Å². The van der Waals surface area contributed by atoms with E-state index in [1.807, 2.05) is 60.7 Å². The Kier molecular flexibility index (Phi) is 6.97. The van der Waals surface area contributed by atoms with Crippen molar-refractivity contribution in [3.8, 4) is 0 Å². The Morgan fingerprint density at radius 1 is 0.923 bits per heavy atom. The molecule has 1 radical (unpaired) electrons. The molecular formula is C12H12Co-6. The standard InChI is InChI=1S/C7H7.C5H5.Co/c1-2-7-5-3-4-6-7;1-2-4-5-3-1;/h2-6H,1H2;1-5H;/q-1;-5;. The zero-order valence-electron chi connectivity index (χ0n) is 7.31. The molecule has 0 aliphatic carbocycles. The van der Waals surface area contributed by atoms with Gasteiger partial charge in [-0.2, -0.15) is 18.7 Å². The van der Waals surface area contributed by atoms with Crippen molar-refractivity contribution in [2.45, 2.75) is 0 Å². The minimum Gasteiger partial charge on any atom is -0.748 e. The van der Waals surface area contributed by atoms with Gasteiger partial charge in [0.2, 0.25) is 0 Å². The summed E-state index contributed by atoms with van der Waals surface area (Å²) in [5.74, 6) is 0. The molecule has 2 rings (SSSR count). The average molecular weight is 215 g/mol. The molecule has 0 nitrogen and oxygen atoms in total. The molecule has 0 N–H and O–H groups in total. The first-order valence-electron chi connectivity index (χ1n) is 3.94. The first kappa shape index (κ1) is 11.9. The molecule has 1 heteroatoms. The van der Waals surface area contributed by atoms with E-state index in [1.54, 1.807) is 0 Å². The van der Waals surface area contributed by atoms with Crippen LogP contribution in [0.3, 0.4) is 0 Å². The maximum atomic E-state index is 3.60. The summed E-state index contributed by atoms with van der Waals surface area (Å²) < 4.78 is 0. The van der Waals surface area contributed by atoms with Crippen molar-refractivity contribution in [1.29, 1.82) is 0 Å². The van der Waals surface area contributed by atoms with Crippen LogP contribution in [-0.4, -0.2) is 0 Å². The van der Waals surface area contributed by atoms with Crippen molar-refractivity contribution in [2.24, 2.45) is 0 Å². The van der Waals surface area contributed by atoms with E-state index in [2.05, 4.69) is 6.58 Å². The van der Waals surface area contributed by atoms with Crippen LogP contribution in [0.4, 0.5) is 0 Å². The molecule has 0 bridgehead atoms. The fourth-order valence-corrected chi connectivity index (χ4v) is 0.846. The maximum absolute atomic E-state index is 3.60. The van der Waals surface area contributed by atoms with Crippen LogP contribution in [0.2, 0.25) is 0 Å². The third-order valence-corrected chi connectivity index (χ3v) is 1.48. The zero-order chi connectivity index (χ0) is 8.65. The van der Waals surface area contributed by atoms with Crippen molar-refractivity contribution in [2.75, 3.05) is 0 Å². The normalized spacial score (nSPS) is 7.69. The maximum Gasteiger partial charge on any atom is 0 e. The molecule has 0 amide bonds. The summed E-state index contributed by atoms with van der Waals surface area (Å²) in [6.07, 6.45) is 1.83. The van der Waals surface area contributed by atoms with E-state index in [0.29, 0.717) is 0 Å². The van der Waals surface area contributed by atoms with Crippen molar-refractivity contribution in [3.05, 3.63) is 66.7 Å². The minimum atomic E-state index is 0. The van der Waals surface area contributed by atoms with Gasteiger partial charge in [0, 0.05) is 16.8 Å². The van der Waals surface area contributed by atoms with Gasteiger partial charge < -0.3 is 30.3 Å². The summed E-state index contributed by atoms with van der Waals surface area (Å²) in [6.45, 7) is 3.60. The third-order valence-electron chi connectivity index (χ3n) is 1.48. The molecule has 2 aromatic rings. The van der Waals surface area contributed by atoms with Crippen LogP contribution < -0.4 is 0 Å². The van der Waals surface area contributed by atoms with Crippen LogP contribution in [0.5, 0.6) is 0 Å². The molecule has 75 valence electrons. The molecule has 0 aliphatic heterocycles. The molecule has 0 spiro atoms. The Bertz CT molecular complexity index is 260. The van der Waals surface area contributed by atoms with E-state index >= 15 is 0 Å². The predicted molar refractivity (Wildman–Crippen MR) is 54.2 cm³/mol. The van der Waals surface area contributed by atoms with Gasteiger partial charge in [-0.15, -0.1) is 23.8 Å². The van der Waals surface area contributed by atoms with E-state index in [4.69, 9.17) is 0 Å². The Balaban J connectivity index is 0.000000215. The Hall–Kier alpha value is -1.05. The first-order chi connectivity index (χ1) is 5.93. The van der Waals surface area contributed by atoms with Crippen LogP contribution in [0, 0.1) is 0 Å². The van der Waals surface area contributed by atoms with E-state index in [1.165, 1.54) is 5.56 Å². The van der Waals surface area contributed by atoms with E-state index < -0.39 is 0 Å². The van der Waals surface area contributed by atoms with Crippen molar-refractivity contribution in [1.82, 2.24) is 0 Å². The van der Waals surface area contributed by atoms with Crippen LogP contribution >= 0.6 is 0 Å². The van der Waals surface area contributed by atoms with Crippen molar-refractivity contribution >= 4 is 6.08 Å². The SMILES string of the molecule is C=C[c-]1cccc1.[Co].[cH-]1[cH-][cH-][cH-][cH-]1. The van der Waals surface area contributed by atoms with Gasteiger partial charge in [-0.05, 0) is 0 Å². The number of hydrogen-bond donors (Lipinski definition) is 0. The van der Waals surface area contributed by atoms with Gasteiger partial charge in [0.05, 0.1) is 0 Å². The Labute approximate surface area is 89.8 Å². The second-order valence-corrected chi connectivity index (χ2v) is 2.38. The molecule has 0 fully saturated rings. The van der Waals surface area contributed by atoms with Gasteiger partial charge in [-0.25, -0.2) is 0 Å². The number of hydrogen-bond acceptors (Lipinski definition) is 0. The quantitative estimate of drug-likeness (QED) is 0.639. The van der Waals surface area contributed by atoms with E-state index in [0.717, 1.165) is 0 Å². The third kappa shape index (κ3) is 5.23. The fourth-order valence-electron chi connectivity index (χ4n) is 0.846. The monoisotopic (exact) mass is 215 g/mol. The van der Waals surface area contributed by atoms with Crippen LogP contribution in [0.1, 0.15) is 5.56 Å². The van der Waals surface area contributed by atoms with Gasteiger partial charge in [-0.3, -0.25) is 0 Å². The van der Waals surface area contributed by atoms with Crippen molar-refractivity contribution in [3.63, 3.8) is 0 Å². The average Bonchev–Trinajstić information content (AvgIpc) is 2.81. The number of rotatable bonds is 1. The second kappa shape index (κ2) is 7.59. The van der Waals surface area contributed by atoms with Crippen LogP contribution in [-0.2, 0) is 16.8 Å². The molecule has 0 atom stereocenters.